The lowest BCUT2D eigenvalue weighted by Gasteiger charge is -2.18. The van der Waals surface area contributed by atoms with Crippen molar-refractivity contribution in [1.82, 2.24) is 0 Å². The Hall–Kier alpha value is -4.19. The fourth-order valence-electron chi connectivity index (χ4n) is 9.38. The largest absolute Gasteiger partial charge is 0.462 e. The van der Waals surface area contributed by atoms with Crippen molar-refractivity contribution in [3.63, 3.8) is 0 Å². The maximum absolute atomic E-state index is 12.9. The van der Waals surface area contributed by atoms with Crippen molar-refractivity contribution in [2.45, 2.75) is 322 Å². The highest BCUT2D eigenvalue weighted by Gasteiger charge is 2.19. The van der Waals surface area contributed by atoms with Crippen LogP contribution in [0, 0.1) is 0 Å². The second-order valence-corrected chi connectivity index (χ2v) is 22.4. The van der Waals surface area contributed by atoms with Crippen LogP contribution in [-0.2, 0) is 28.6 Å². The van der Waals surface area contributed by atoms with Crippen molar-refractivity contribution in [1.29, 1.82) is 0 Å². The van der Waals surface area contributed by atoms with Crippen molar-refractivity contribution in [2.75, 3.05) is 13.2 Å². The standard InChI is InChI=1S/C75H126O6/c1-4-7-10-13-16-19-22-25-28-30-31-32-33-34-35-36-37-38-39-40-41-42-43-45-47-50-53-56-59-62-65-68-74(77)80-71-72(70-79-73(76)67-64-61-58-55-52-49-46-27-24-21-18-15-12-9-6-3)81-75(78)69-66-63-60-57-54-51-48-44-29-26-23-20-17-14-11-8-5-2/h9,12,17-18,20-22,25-27,29-31,33-34,46,52,55,61,64,72H,4-8,10-11,13-16,19,23-24,28,32,35-45,47-51,53-54,56-60,62-63,65-71H2,1-3H3/b12-9-,20-17-,21-18-,25-22-,29-26-,31-30-,34-33-,46-27-,55-52-,64-61-. The van der Waals surface area contributed by atoms with Gasteiger partial charge in [0.15, 0.2) is 6.10 Å². The van der Waals surface area contributed by atoms with Gasteiger partial charge in [-0.3, -0.25) is 14.4 Å². The van der Waals surface area contributed by atoms with Crippen LogP contribution in [0.3, 0.4) is 0 Å². The molecule has 0 aliphatic heterocycles. The summed E-state index contributed by atoms with van der Waals surface area (Å²) < 4.78 is 16.8. The number of carbonyl (C=O) groups excluding carboxylic acids is 3. The normalized spacial score (nSPS) is 12.9. The SMILES string of the molecule is CC/C=C\C/C=C\C/C=C\C/C=C\C/C=C\CC(=O)OCC(COC(=O)CCCCCCCCCCCCCCCCCC/C=C\C/C=C\C/C=C\CCCCCCC)OC(=O)CCCCCCCCC/C=C\C/C=C\CCCCC. The van der Waals surface area contributed by atoms with Crippen molar-refractivity contribution in [3.8, 4) is 0 Å². The fraction of sp³-hybridized carbons (Fsp3) is 0.693. The first-order valence-corrected chi connectivity index (χ1v) is 34.0. The summed E-state index contributed by atoms with van der Waals surface area (Å²) in [5, 5.41) is 0. The maximum atomic E-state index is 12.9. The van der Waals surface area contributed by atoms with Gasteiger partial charge in [0.1, 0.15) is 13.2 Å². The quantitative estimate of drug-likeness (QED) is 0.0261. The summed E-state index contributed by atoms with van der Waals surface area (Å²) in [6.45, 7) is 6.42. The summed E-state index contributed by atoms with van der Waals surface area (Å²) in [5.41, 5.74) is 0. The van der Waals surface area contributed by atoms with E-state index >= 15 is 0 Å². The molecule has 81 heavy (non-hydrogen) atoms. The molecule has 0 aromatic carbocycles. The third-order valence-corrected chi connectivity index (χ3v) is 14.5. The molecule has 1 atom stereocenters. The summed E-state index contributed by atoms with van der Waals surface area (Å²) in [5.74, 6) is -1.05. The van der Waals surface area contributed by atoms with Crippen molar-refractivity contribution in [2.24, 2.45) is 0 Å². The minimum Gasteiger partial charge on any atom is -0.462 e. The van der Waals surface area contributed by atoms with E-state index in [1.165, 1.54) is 180 Å². The molecular formula is C75H126O6. The van der Waals surface area contributed by atoms with Gasteiger partial charge in [0.2, 0.25) is 0 Å². The van der Waals surface area contributed by atoms with Gasteiger partial charge in [0.05, 0.1) is 6.42 Å². The van der Waals surface area contributed by atoms with Crippen LogP contribution in [0.15, 0.2) is 122 Å². The van der Waals surface area contributed by atoms with Gasteiger partial charge in [0, 0.05) is 12.8 Å². The number of unbranched alkanes of at least 4 members (excludes halogenated alkanes) is 31. The summed E-state index contributed by atoms with van der Waals surface area (Å²) in [6.07, 6.45) is 95.4. The monoisotopic (exact) mass is 1120 g/mol. The lowest BCUT2D eigenvalue weighted by Crippen LogP contribution is -2.30. The van der Waals surface area contributed by atoms with Crippen LogP contribution in [0.25, 0.3) is 0 Å². The maximum Gasteiger partial charge on any atom is 0.309 e. The molecule has 6 heteroatoms. The number of esters is 3. The Bertz CT molecular complexity index is 1670. The number of hydrogen-bond donors (Lipinski definition) is 0. The lowest BCUT2D eigenvalue weighted by molar-refractivity contribution is -0.166. The summed E-state index contributed by atoms with van der Waals surface area (Å²) in [4.78, 5) is 38.3. The molecule has 462 valence electrons. The van der Waals surface area contributed by atoms with E-state index in [4.69, 9.17) is 14.2 Å². The topological polar surface area (TPSA) is 78.9 Å². The first-order valence-electron chi connectivity index (χ1n) is 34.0. The van der Waals surface area contributed by atoms with Crippen LogP contribution in [0.1, 0.15) is 316 Å². The van der Waals surface area contributed by atoms with Gasteiger partial charge in [-0.1, -0.05) is 303 Å². The van der Waals surface area contributed by atoms with Crippen LogP contribution in [0.5, 0.6) is 0 Å². The Morgan fingerprint density at radius 2 is 0.531 bits per heavy atom. The molecule has 0 radical (unpaired) electrons. The Balaban J connectivity index is 4.30. The third-order valence-electron chi connectivity index (χ3n) is 14.5. The molecule has 0 fully saturated rings. The Labute approximate surface area is 501 Å². The van der Waals surface area contributed by atoms with E-state index in [9.17, 15) is 14.4 Å². The van der Waals surface area contributed by atoms with E-state index in [2.05, 4.69) is 130 Å². The third kappa shape index (κ3) is 66.5. The molecule has 1 unspecified atom stereocenters. The van der Waals surface area contributed by atoms with Crippen LogP contribution in [0.4, 0.5) is 0 Å². The van der Waals surface area contributed by atoms with Gasteiger partial charge in [-0.05, 0) is 116 Å². The van der Waals surface area contributed by atoms with E-state index in [0.29, 0.717) is 12.8 Å². The molecule has 0 saturated carbocycles. The van der Waals surface area contributed by atoms with Crippen molar-refractivity contribution in [3.05, 3.63) is 122 Å². The lowest BCUT2D eigenvalue weighted by atomic mass is 10.0. The minimum absolute atomic E-state index is 0.112. The number of rotatable bonds is 61. The zero-order valence-electron chi connectivity index (χ0n) is 53.0. The number of hydrogen-bond acceptors (Lipinski definition) is 6. The van der Waals surface area contributed by atoms with E-state index in [1.54, 1.807) is 6.08 Å². The molecule has 0 aliphatic carbocycles. The number of ether oxygens (including phenoxy) is 3. The molecule has 0 amide bonds. The summed E-state index contributed by atoms with van der Waals surface area (Å²) in [7, 11) is 0. The van der Waals surface area contributed by atoms with Gasteiger partial charge >= 0.3 is 17.9 Å². The molecule has 6 nitrogen and oxygen atoms in total. The molecule has 0 aromatic heterocycles. The molecule has 0 aromatic rings. The van der Waals surface area contributed by atoms with E-state index < -0.39 is 12.1 Å². The molecular weight excluding hydrogens is 997 g/mol. The second-order valence-electron chi connectivity index (χ2n) is 22.4. The fourth-order valence-corrected chi connectivity index (χ4v) is 9.38. The zero-order valence-corrected chi connectivity index (χ0v) is 53.0. The van der Waals surface area contributed by atoms with Crippen LogP contribution in [-0.4, -0.2) is 37.2 Å². The smallest absolute Gasteiger partial charge is 0.309 e. The van der Waals surface area contributed by atoms with Crippen LogP contribution < -0.4 is 0 Å². The Morgan fingerprint density at radius 1 is 0.272 bits per heavy atom. The van der Waals surface area contributed by atoms with E-state index in [-0.39, 0.29) is 31.6 Å². The summed E-state index contributed by atoms with van der Waals surface area (Å²) >= 11 is 0. The molecule has 0 saturated heterocycles. The molecule has 0 rings (SSSR count). The first kappa shape index (κ1) is 76.8. The average Bonchev–Trinajstić information content (AvgIpc) is 3.47. The van der Waals surface area contributed by atoms with Gasteiger partial charge in [-0.25, -0.2) is 0 Å². The zero-order chi connectivity index (χ0) is 58.5. The highest BCUT2D eigenvalue weighted by molar-refractivity contribution is 5.72. The van der Waals surface area contributed by atoms with Crippen LogP contribution in [0.2, 0.25) is 0 Å². The summed E-state index contributed by atoms with van der Waals surface area (Å²) in [6, 6.07) is 0. The Morgan fingerprint density at radius 3 is 0.889 bits per heavy atom. The average molecular weight is 1120 g/mol. The highest BCUT2D eigenvalue weighted by atomic mass is 16.6. The molecule has 0 aliphatic rings. The molecule has 0 spiro atoms. The second kappa shape index (κ2) is 68.3. The predicted octanol–water partition coefficient (Wildman–Crippen LogP) is 23.6. The molecule has 0 N–H and O–H groups in total. The van der Waals surface area contributed by atoms with Crippen molar-refractivity contribution >= 4 is 17.9 Å². The number of allylic oxidation sites excluding steroid dienone is 19. The van der Waals surface area contributed by atoms with Gasteiger partial charge in [0.25, 0.3) is 0 Å². The van der Waals surface area contributed by atoms with Crippen LogP contribution >= 0.6 is 0 Å². The Kier molecular flexibility index (Phi) is 64.8. The number of carbonyl (C=O) groups is 3. The minimum atomic E-state index is -0.826. The first-order chi connectivity index (χ1) is 40.0. The van der Waals surface area contributed by atoms with E-state index in [1.807, 2.05) is 6.08 Å². The van der Waals surface area contributed by atoms with Gasteiger partial charge in [-0.15, -0.1) is 0 Å². The molecule has 0 heterocycles. The van der Waals surface area contributed by atoms with Crippen molar-refractivity contribution < 1.29 is 28.6 Å². The van der Waals surface area contributed by atoms with Gasteiger partial charge < -0.3 is 14.2 Å². The predicted molar refractivity (Wildman–Crippen MR) is 353 cm³/mol. The van der Waals surface area contributed by atoms with E-state index in [0.717, 1.165) is 96.3 Å². The molecule has 0 bridgehead atoms. The highest BCUT2D eigenvalue weighted by Crippen LogP contribution is 2.16. The van der Waals surface area contributed by atoms with Gasteiger partial charge in [-0.2, -0.15) is 0 Å².